The molecule has 0 unspecified atom stereocenters. The third-order valence-corrected chi connectivity index (χ3v) is 5.27. The third-order valence-electron chi connectivity index (χ3n) is 5.27. The number of piperidine rings is 3. The first-order valence-corrected chi connectivity index (χ1v) is 8.13. The molecule has 0 radical (unpaired) electrons. The van der Waals surface area contributed by atoms with E-state index in [0.29, 0.717) is 29.0 Å². The Balaban J connectivity index is 0.000000526. The molecule has 3 saturated heterocycles. The van der Waals surface area contributed by atoms with Crippen molar-refractivity contribution in [1.82, 2.24) is 9.88 Å². The zero-order valence-electron chi connectivity index (χ0n) is 13.6. The van der Waals surface area contributed by atoms with Gasteiger partial charge in [-0.3, -0.25) is 19.5 Å². The van der Waals surface area contributed by atoms with Crippen LogP contribution in [0.3, 0.4) is 0 Å². The molecule has 2 bridgehead atoms. The van der Waals surface area contributed by atoms with Crippen LogP contribution in [0.2, 0.25) is 0 Å². The number of furan rings is 1. The molecule has 2 amide bonds. The Morgan fingerprint density at radius 3 is 2.67 bits per heavy atom. The lowest BCUT2D eigenvalue weighted by Gasteiger charge is -2.49. The Hall–Kier alpha value is -2.41. The lowest BCUT2D eigenvalue weighted by Crippen LogP contribution is -2.52. The van der Waals surface area contributed by atoms with E-state index < -0.39 is 5.91 Å². The molecule has 0 aromatic carbocycles. The summed E-state index contributed by atoms with van der Waals surface area (Å²) in [6, 6.07) is 2.51. The number of carbonyl (C=O) groups excluding carboxylic acids is 2. The molecule has 128 valence electrons. The summed E-state index contributed by atoms with van der Waals surface area (Å²) in [4.78, 5) is 27.2. The van der Waals surface area contributed by atoms with Crippen LogP contribution in [-0.2, 0) is 4.79 Å². The number of hydrogen-bond acceptors (Lipinski definition) is 5. The Bertz CT molecular complexity index is 747. The van der Waals surface area contributed by atoms with Crippen molar-refractivity contribution in [3.63, 3.8) is 0 Å². The standard InChI is InChI=1S/C16H19N3O2.CH3NO/c1-9-15(10-2-4-19(9)5-3-10)13-6-11-12(16(17)20)8-21-14(11)7-18-13;2-1-3/h6-10,15H,2-5H2,1H3,(H2,17,20);1H,(H2,2,3)/t9-,15-;/m0./s1. The van der Waals surface area contributed by atoms with E-state index in [2.05, 4.69) is 22.5 Å². The largest absolute Gasteiger partial charge is 0.462 e. The van der Waals surface area contributed by atoms with Crippen molar-refractivity contribution < 1.29 is 14.0 Å². The predicted octanol–water partition coefficient (Wildman–Crippen LogP) is 1.23. The third kappa shape index (κ3) is 2.75. The van der Waals surface area contributed by atoms with Crippen LogP contribution in [0.15, 0.2) is 22.9 Å². The molecule has 24 heavy (non-hydrogen) atoms. The van der Waals surface area contributed by atoms with Crippen LogP contribution < -0.4 is 11.5 Å². The zero-order valence-corrected chi connectivity index (χ0v) is 13.6. The summed E-state index contributed by atoms with van der Waals surface area (Å²) in [5.41, 5.74) is 11.7. The average Bonchev–Trinajstić information content (AvgIpc) is 3.00. The highest BCUT2D eigenvalue weighted by atomic mass is 16.3. The van der Waals surface area contributed by atoms with E-state index in [9.17, 15) is 4.79 Å². The van der Waals surface area contributed by atoms with Gasteiger partial charge in [-0.2, -0.15) is 0 Å². The summed E-state index contributed by atoms with van der Waals surface area (Å²) in [5, 5.41) is 0.788. The van der Waals surface area contributed by atoms with E-state index >= 15 is 0 Å². The van der Waals surface area contributed by atoms with Crippen LogP contribution in [0, 0.1) is 5.92 Å². The van der Waals surface area contributed by atoms with Gasteiger partial charge in [0.2, 0.25) is 6.41 Å². The molecule has 3 fully saturated rings. The molecular formula is C17H22N4O3. The number of aromatic nitrogens is 1. The molecule has 5 heterocycles. The number of primary amides is 2. The number of nitrogens with zero attached hydrogens (tertiary/aromatic N) is 2. The Kier molecular flexibility index (Phi) is 4.53. The summed E-state index contributed by atoms with van der Waals surface area (Å²) >= 11 is 0. The summed E-state index contributed by atoms with van der Waals surface area (Å²) in [5.74, 6) is 0.680. The van der Waals surface area contributed by atoms with E-state index in [-0.39, 0.29) is 6.41 Å². The van der Waals surface area contributed by atoms with Gasteiger partial charge in [-0.25, -0.2) is 0 Å². The first-order chi connectivity index (χ1) is 11.6. The highest BCUT2D eigenvalue weighted by Crippen LogP contribution is 2.43. The summed E-state index contributed by atoms with van der Waals surface area (Å²) in [7, 11) is 0. The fraction of sp³-hybridized carbons (Fsp3) is 0.471. The fourth-order valence-electron chi connectivity index (χ4n) is 4.12. The van der Waals surface area contributed by atoms with Gasteiger partial charge in [0.15, 0.2) is 5.58 Å². The minimum absolute atomic E-state index is 0.250. The number of fused-ring (bicyclic) bond motifs is 4. The maximum absolute atomic E-state index is 11.5. The lowest BCUT2D eigenvalue weighted by atomic mass is 9.72. The number of pyridine rings is 1. The number of amides is 2. The molecule has 0 aliphatic carbocycles. The van der Waals surface area contributed by atoms with E-state index in [4.69, 9.17) is 14.9 Å². The van der Waals surface area contributed by atoms with E-state index in [0.717, 1.165) is 11.1 Å². The Morgan fingerprint density at radius 2 is 2.08 bits per heavy atom. The van der Waals surface area contributed by atoms with Crippen LogP contribution in [0.1, 0.15) is 41.7 Å². The molecule has 4 N–H and O–H groups in total. The highest BCUT2D eigenvalue weighted by Gasteiger charge is 2.41. The molecule has 7 heteroatoms. The minimum Gasteiger partial charge on any atom is -0.462 e. The predicted molar refractivity (Wildman–Crippen MR) is 89.3 cm³/mol. The van der Waals surface area contributed by atoms with Crippen LogP contribution in [0.25, 0.3) is 11.0 Å². The second-order valence-corrected chi connectivity index (χ2v) is 6.39. The van der Waals surface area contributed by atoms with Gasteiger partial charge in [0.25, 0.3) is 5.91 Å². The van der Waals surface area contributed by atoms with Gasteiger partial charge in [0.1, 0.15) is 6.26 Å². The fourth-order valence-corrected chi connectivity index (χ4v) is 4.12. The maximum Gasteiger partial charge on any atom is 0.252 e. The van der Waals surface area contributed by atoms with E-state index in [1.807, 2.05) is 6.07 Å². The van der Waals surface area contributed by atoms with E-state index in [1.165, 1.54) is 32.2 Å². The molecule has 0 saturated carbocycles. The Labute approximate surface area is 140 Å². The topological polar surface area (TPSA) is 115 Å². The molecule has 3 aliphatic rings. The molecular weight excluding hydrogens is 308 g/mol. The summed E-state index contributed by atoms with van der Waals surface area (Å²) in [6.07, 6.45) is 5.88. The smallest absolute Gasteiger partial charge is 0.252 e. The number of carbonyl (C=O) groups is 2. The quantitative estimate of drug-likeness (QED) is 0.803. The Morgan fingerprint density at radius 1 is 1.42 bits per heavy atom. The minimum atomic E-state index is -0.451. The zero-order chi connectivity index (χ0) is 17.3. The summed E-state index contributed by atoms with van der Waals surface area (Å²) < 4.78 is 5.37. The highest BCUT2D eigenvalue weighted by molar-refractivity contribution is 6.05. The van der Waals surface area contributed by atoms with Gasteiger partial charge in [0, 0.05) is 23.0 Å². The van der Waals surface area contributed by atoms with Crippen LogP contribution in [0.4, 0.5) is 0 Å². The van der Waals surface area contributed by atoms with Crippen LogP contribution >= 0.6 is 0 Å². The van der Waals surface area contributed by atoms with Gasteiger partial charge in [-0.05, 0) is 44.8 Å². The normalized spacial score (nSPS) is 28.2. The number of rotatable bonds is 2. The van der Waals surface area contributed by atoms with Gasteiger partial charge in [-0.15, -0.1) is 0 Å². The summed E-state index contributed by atoms with van der Waals surface area (Å²) in [6.45, 7) is 4.68. The molecule has 2 aromatic heterocycles. The maximum atomic E-state index is 11.5. The first-order valence-electron chi connectivity index (χ1n) is 8.13. The molecule has 3 aliphatic heterocycles. The van der Waals surface area contributed by atoms with Crippen LogP contribution in [-0.4, -0.2) is 41.3 Å². The van der Waals surface area contributed by atoms with Crippen molar-refractivity contribution in [2.45, 2.75) is 31.7 Å². The molecule has 5 rings (SSSR count). The van der Waals surface area contributed by atoms with Gasteiger partial charge in [-0.1, -0.05) is 0 Å². The van der Waals surface area contributed by atoms with Gasteiger partial charge in [0.05, 0.1) is 11.8 Å². The second-order valence-electron chi connectivity index (χ2n) is 6.39. The molecule has 0 spiro atoms. The monoisotopic (exact) mass is 330 g/mol. The number of hydrogen-bond donors (Lipinski definition) is 2. The molecule has 2 aromatic rings. The van der Waals surface area contributed by atoms with Crippen molar-refractivity contribution in [2.75, 3.05) is 13.1 Å². The van der Waals surface area contributed by atoms with Crippen molar-refractivity contribution in [2.24, 2.45) is 17.4 Å². The lowest BCUT2D eigenvalue weighted by molar-refractivity contribution is -0.106. The van der Waals surface area contributed by atoms with E-state index in [1.54, 1.807) is 6.20 Å². The van der Waals surface area contributed by atoms with Crippen molar-refractivity contribution in [1.29, 1.82) is 0 Å². The molecule has 2 atom stereocenters. The van der Waals surface area contributed by atoms with Crippen molar-refractivity contribution in [3.8, 4) is 0 Å². The molecule has 7 nitrogen and oxygen atoms in total. The van der Waals surface area contributed by atoms with Crippen LogP contribution in [0.5, 0.6) is 0 Å². The average molecular weight is 330 g/mol. The number of nitrogens with two attached hydrogens (primary N) is 2. The second kappa shape index (κ2) is 6.60. The van der Waals surface area contributed by atoms with Crippen molar-refractivity contribution >= 4 is 23.3 Å². The SMILES string of the molecule is C[C@H]1[C@H](c2cc3c(C(N)=O)coc3cn2)C2CCN1CC2.NC=O. The van der Waals surface area contributed by atoms with Crippen molar-refractivity contribution in [3.05, 3.63) is 29.8 Å². The van der Waals surface area contributed by atoms with Gasteiger partial charge < -0.3 is 15.9 Å². The van der Waals surface area contributed by atoms with Gasteiger partial charge >= 0.3 is 0 Å². The first kappa shape index (κ1) is 16.4.